The maximum atomic E-state index is 9.04. The van der Waals surface area contributed by atoms with E-state index in [-0.39, 0.29) is 27.9 Å². The molecule has 10 aromatic rings. The van der Waals surface area contributed by atoms with Crippen LogP contribution < -0.4 is 14.2 Å². The minimum atomic E-state index is -0.559. The quantitative estimate of drug-likeness (QED) is 0.119. The van der Waals surface area contributed by atoms with Crippen molar-refractivity contribution in [1.29, 1.82) is 0 Å². The minimum Gasteiger partial charge on any atom is -0.458 e. The molecule has 3 aromatic heterocycles. The van der Waals surface area contributed by atoms with Crippen molar-refractivity contribution < 1.29 is 23.0 Å². The van der Waals surface area contributed by atoms with E-state index in [0.29, 0.717) is 40.3 Å². The summed E-state index contributed by atoms with van der Waals surface area (Å²) >= 11 is 0. The Labute approximate surface area is 374 Å². The zero-order chi connectivity index (χ0) is 49.4. The van der Waals surface area contributed by atoms with Crippen molar-refractivity contribution in [2.75, 3.05) is 4.90 Å². The van der Waals surface area contributed by atoms with Crippen LogP contribution in [0.15, 0.2) is 176 Å². The molecule has 0 amide bonds. The number of nitrogens with zero attached hydrogens (tertiary/aromatic N) is 5. The van der Waals surface area contributed by atoms with Gasteiger partial charge in [-0.2, -0.15) is 0 Å². The molecule has 3 aliphatic rings. The molecular formula is C56H43N5O. The fraction of sp³-hybridized carbons (Fsp3) is 0.143. The number of para-hydroxylation sites is 4. The van der Waals surface area contributed by atoms with Crippen LogP contribution >= 0.6 is 0 Å². The van der Waals surface area contributed by atoms with Crippen molar-refractivity contribution in [3.05, 3.63) is 193 Å². The van der Waals surface area contributed by atoms with Crippen LogP contribution in [0.5, 0.6) is 11.5 Å². The lowest BCUT2D eigenvalue weighted by Gasteiger charge is -2.43. The van der Waals surface area contributed by atoms with Crippen LogP contribution in [0.25, 0.3) is 72.3 Å². The summed E-state index contributed by atoms with van der Waals surface area (Å²) in [4.78, 5) is 7.96. The second-order valence-electron chi connectivity index (χ2n) is 16.4. The van der Waals surface area contributed by atoms with Gasteiger partial charge in [-0.1, -0.05) is 127 Å². The van der Waals surface area contributed by atoms with Gasteiger partial charge in [-0.25, -0.2) is 4.98 Å². The van der Waals surface area contributed by atoms with Crippen LogP contribution in [0.2, 0.25) is 0 Å². The fourth-order valence-electron chi connectivity index (χ4n) is 10.5. The molecule has 298 valence electrons. The summed E-state index contributed by atoms with van der Waals surface area (Å²) in [5.41, 5.74) is 8.33. The zero-order valence-electron chi connectivity index (χ0n) is 43.5. The Morgan fingerprint density at radius 1 is 0.629 bits per heavy atom. The molecule has 0 N–H and O–H groups in total. The SMILES string of the molecule is [2H]c1c([2H])c([2H])c(-c2cccc(-c3c([2H])c([2H])c([2H])c([2H])c3[2H])c2-[n+]2[c-]n(-c3cccc(Oc4ccc5c6ccccc6n(-c6ncc7c8c6CCC6CCC(CC7)N86)c5c4)c3)c3ccccc32)c([2H])c1[2H]. The monoisotopic (exact) mass is 811 g/mol. The van der Waals surface area contributed by atoms with Gasteiger partial charge in [-0.15, -0.1) is 0 Å². The number of pyridine rings is 1. The molecule has 0 bridgehead atoms. The highest BCUT2D eigenvalue weighted by Gasteiger charge is 2.42. The molecule has 0 spiro atoms. The molecule has 6 nitrogen and oxygen atoms in total. The molecule has 0 radical (unpaired) electrons. The highest BCUT2D eigenvalue weighted by atomic mass is 16.5. The van der Waals surface area contributed by atoms with Gasteiger partial charge in [0.15, 0.2) is 0 Å². The van der Waals surface area contributed by atoms with Crippen molar-refractivity contribution >= 4 is 38.5 Å². The lowest BCUT2D eigenvalue weighted by molar-refractivity contribution is -0.571. The molecule has 13 rings (SSSR count). The maximum absolute atomic E-state index is 9.04. The van der Waals surface area contributed by atoms with Gasteiger partial charge < -0.3 is 9.64 Å². The molecule has 0 aliphatic carbocycles. The van der Waals surface area contributed by atoms with Gasteiger partial charge in [0.2, 0.25) is 0 Å². The number of ether oxygens (including phenoxy) is 1. The second-order valence-corrected chi connectivity index (χ2v) is 16.4. The topological polar surface area (TPSA) is 39.1 Å². The molecule has 3 aliphatic heterocycles. The predicted molar refractivity (Wildman–Crippen MR) is 249 cm³/mol. The number of rotatable bonds is 7. The summed E-state index contributed by atoms with van der Waals surface area (Å²) in [5.74, 6) is 2.14. The van der Waals surface area contributed by atoms with E-state index < -0.39 is 60.4 Å². The Balaban J connectivity index is 0.957. The first kappa shape index (κ1) is 26.7. The predicted octanol–water partition coefficient (Wildman–Crippen LogP) is 12.6. The standard InChI is InChI=1S/C56H43N5O/c1-3-13-37(14-4-1)45-20-12-21-46(38-15-5-2-6-16-38)55(45)59-36-58(51-23-9-10-24-52(51)59)42-17-11-18-43(33-42)62-44-30-32-48-47-19-7-8-22-50(47)61(53(48)34-44)56-49-31-29-41-28-27-40-26-25-39(35-57-56)54(49)60(40)41/h1-24,30,32-35,40-41H,25-29,31H2/i1D,2D,3D,4D,5D,6D,13D,14D,15D,16D. The first-order chi connectivity index (χ1) is 34.9. The summed E-state index contributed by atoms with van der Waals surface area (Å²) in [6, 6.07) is 30.5. The van der Waals surface area contributed by atoms with Crippen LogP contribution in [0.1, 0.15) is 50.5 Å². The van der Waals surface area contributed by atoms with E-state index in [9.17, 15) is 0 Å². The van der Waals surface area contributed by atoms with E-state index in [0.717, 1.165) is 46.9 Å². The highest BCUT2D eigenvalue weighted by molar-refractivity contribution is 6.09. The number of benzene rings is 7. The van der Waals surface area contributed by atoms with E-state index in [1.165, 1.54) is 36.1 Å². The van der Waals surface area contributed by atoms with E-state index in [1.54, 1.807) is 22.8 Å². The molecule has 1 fully saturated rings. The number of anilines is 1. The Morgan fingerprint density at radius 3 is 2.10 bits per heavy atom. The van der Waals surface area contributed by atoms with Crippen molar-refractivity contribution in [2.24, 2.45) is 0 Å². The van der Waals surface area contributed by atoms with Crippen molar-refractivity contribution in [3.63, 3.8) is 0 Å². The third-order valence-corrected chi connectivity index (χ3v) is 13.1. The van der Waals surface area contributed by atoms with Gasteiger partial charge in [0.25, 0.3) is 6.33 Å². The molecule has 6 heterocycles. The normalized spacial score (nSPS) is 18.9. The lowest BCUT2D eigenvalue weighted by Crippen LogP contribution is -2.43. The third-order valence-electron chi connectivity index (χ3n) is 13.1. The van der Waals surface area contributed by atoms with Gasteiger partial charge in [-0.3, -0.25) is 13.7 Å². The van der Waals surface area contributed by atoms with Gasteiger partial charge in [0.1, 0.15) is 17.3 Å². The molecule has 62 heavy (non-hydrogen) atoms. The van der Waals surface area contributed by atoms with Crippen LogP contribution in [0.3, 0.4) is 0 Å². The first-order valence-electron chi connectivity index (χ1n) is 26.2. The Bertz CT molecular complexity index is 3830. The summed E-state index contributed by atoms with van der Waals surface area (Å²) in [7, 11) is 0. The minimum absolute atomic E-state index is 0.120. The summed E-state index contributed by atoms with van der Waals surface area (Å²) < 4.78 is 99.7. The molecule has 6 heteroatoms. The van der Waals surface area contributed by atoms with Crippen molar-refractivity contribution in [3.8, 4) is 50.9 Å². The number of imidazole rings is 1. The summed E-state index contributed by atoms with van der Waals surface area (Å²) in [6.07, 6.45) is 12.4. The van der Waals surface area contributed by atoms with E-state index in [1.807, 2.05) is 59.2 Å². The largest absolute Gasteiger partial charge is 0.458 e. The average Bonchev–Trinajstić information content (AvgIpc) is 4.11. The Kier molecular flexibility index (Phi) is 6.06. The second kappa shape index (κ2) is 14.1. The van der Waals surface area contributed by atoms with Crippen LogP contribution in [-0.4, -0.2) is 26.2 Å². The summed E-state index contributed by atoms with van der Waals surface area (Å²) in [5, 5.41) is 2.22. The molecule has 2 atom stereocenters. The Morgan fingerprint density at radius 2 is 1.31 bits per heavy atom. The van der Waals surface area contributed by atoms with E-state index in [4.69, 9.17) is 23.4 Å². The number of hydrogen-bond donors (Lipinski definition) is 0. The lowest BCUT2D eigenvalue weighted by atomic mass is 9.89. The highest BCUT2D eigenvalue weighted by Crippen LogP contribution is 2.48. The number of fused-ring (bicyclic) bond motifs is 4. The smallest absolute Gasteiger partial charge is 0.269 e. The fourth-order valence-corrected chi connectivity index (χ4v) is 10.5. The molecular weight excluding hydrogens is 759 g/mol. The van der Waals surface area contributed by atoms with E-state index in [2.05, 4.69) is 58.4 Å². The van der Waals surface area contributed by atoms with Gasteiger partial charge >= 0.3 is 0 Å². The summed E-state index contributed by atoms with van der Waals surface area (Å²) in [6.45, 7) is 0. The van der Waals surface area contributed by atoms with Crippen LogP contribution in [0, 0.1) is 6.33 Å². The molecule has 7 aromatic carbocycles. The molecule has 1 saturated heterocycles. The van der Waals surface area contributed by atoms with Gasteiger partial charge in [-0.05, 0) is 103 Å². The number of aromatic nitrogens is 4. The zero-order valence-corrected chi connectivity index (χ0v) is 33.5. The number of hydrogen-bond acceptors (Lipinski definition) is 3. The van der Waals surface area contributed by atoms with E-state index >= 15 is 0 Å². The van der Waals surface area contributed by atoms with Crippen LogP contribution in [0.4, 0.5) is 5.69 Å². The van der Waals surface area contributed by atoms with Crippen LogP contribution in [-0.2, 0) is 12.8 Å². The van der Waals surface area contributed by atoms with Gasteiger partial charge in [0.05, 0.1) is 47.1 Å². The maximum Gasteiger partial charge on any atom is 0.269 e. The van der Waals surface area contributed by atoms with Crippen molar-refractivity contribution in [1.82, 2.24) is 14.1 Å². The molecule has 2 unspecified atom stereocenters. The average molecular weight is 812 g/mol. The Hall–Kier alpha value is -7.44. The van der Waals surface area contributed by atoms with Gasteiger partial charge in [0, 0.05) is 46.4 Å². The third kappa shape index (κ3) is 5.49. The molecule has 0 saturated carbocycles. The first-order valence-corrected chi connectivity index (χ1v) is 21.2. The number of aryl methyl sites for hydroxylation is 1. The van der Waals surface area contributed by atoms with Crippen molar-refractivity contribution in [2.45, 2.75) is 50.6 Å².